The fourth-order valence-corrected chi connectivity index (χ4v) is 7.53. The largest absolute Gasteiger partial charge is 0.498 e. The number of amidine groups is 1. The molecule has 3 aliphatic rings. The number of fused-ring (bicyclic) bond motifs is 1. The summed E-state index contributed by atoms with van der Waals surface area (Å²) in [6, 6.07) is -0.947. The standard InChI is InChI=1S/C25H41N4O6PS/c1-10-35-36(31)18-15-16(28-37(9,32)33)11-12-17(18)26-22(27-36)19-20(34-8)21(25(5,6)7)29(23(19)30)14-13-24(2,3)4/h11-12,15,17-18,21,28H,10,13-14H2,1-9H3,(H,26,27,31). The van der Waals surface area contributed by atoms with Crippen LogP contribution in [0.4, 0.5) is 0 Å². The number of nitrogens with zero attached hydrogens (tertiary/aromatic N) is 2. The minimum absolute atomic E-state index is 0.0220. The fourth-order valence-electron chi connectivity index (χ4n) is 4.81. The second kappa shape index (κ2) is 10.2. The van der Waals surface area contributed by atoms with E-state index in [9.17, 15) is 17.8 Å². The summed E-state index contributed by atoms with van der Waals surface area (Å²) in [6.07, 6.45) is 6.66. The molecule has 0 spiro atoms. The average molecular weight is 557 g/mol. The van der Waals surface area contributed by atoms with Crippen molar-refractivity contribution in [3.05, 3.63) is 35.3 Å². The summed E-state index contributed by atoms with van der Waals surface area (Å²) in [4.78, 5) is 20.5. The van der Waals surface area contributed by atoms with Gasteiger partial charge in [0, 0.05) is 12.2 Å². The number of carbonyl (C=O) groups excluding carboxylic acids is 1. The van der Waals surface area contributed by atoms with Crippen LogP contribution in [0.5, 0.6) is 0 Å². The number of rotatable bonds is 8. The van der Waals surface area contributed by atoms with Gasteiger partial charge < -0.3 is 14.2 Å². The molecule has 208 valence electrons. The number of allylic oxidation sites excluding steroid dienone is 1. The Morgan fingerprint density at radius 1 is 1.22 bits per heavy atom. The van der Waals surface area contributed by atoms with Crippen LogP contribution in [0.25, 0.3) is 0 Å². The average Bonchev–Trinajstić information content (AvgIpc) is 3.03. The molecule has 2 N–H and O–H groups in total. The van der Waals surface area contributed by atoms with Crippen LogP contribution in [0, 0.1) is 10.8 Å². The zero-order valence-electron chi connectivity index (χ0n) is 23.3. The van der Waals surface area contributed by atoms with Gasteiger partial charge in [0.15, 0.2) is 0 Å². The van der Waals surface area contributed by atoms with Gasteiger partial charge in [-0.25, -0.2) is 8.42 Å². The van der Waals surface area contributed by atoms with Crippen LogP contribution in [0.3, 0.4) is 0 Å². The van der Waals surface area contributed by atoms with Gasteiger partial charge >= 0.3 is 7.52 Å². The first kappa shape index (κ1) is 29.5. The highest BCUT2D eigenvalue weighted by Crippen LogP contribution is 2.54. The van der Waals surface area contributed by atoms with E-state index in [2.05, 4.69) is 51.4 Å². The Morgan fingerprint density at radius 3 is 2.38 bits per heavy atom. The second-order valence-corrected chi connectivity index (χ2v) is 16.0. The number of nitrogens with one attached hydrogen (secondary N) is 2. The Labute approximate surface area is 221 Å². The molecule has 0 aromatic carbocycles. The van der Waals surface area contributed by atoms with E-state index in [1.54, 1.807) is 25.2 Å². The van der Waals surface area contributed by atoms with Crippen LogP contribution in [-0.2, 0) is 28.6 Å². The van der Waals surface area contributed by atoms with Gasteiger partial charge in [-0.2, -0.15) is 0 Å². The molecule has 1 aliphatic carbocycles. The first-order chi connectivity index (χ1) is 16.9. The molecular weight excluding hydrogens is 515 g/mol. The van der Waals surface area contributed by atoms with E-state index in [1.807, 2.05) is 4.90 Å². The first-order valence-corrected chi connectivity index (χ1v) is 16.1. The summed E-state index contributed by atoms with van der Waals surface area (Å²) < 4.78 is 51.6. The molecule has 12 heteroatoms. The van der Waals surface area contributed by atoms with E-state index in [1.165, 1.54) is 7.11 Å². The van der Waals surface area contributed by atoms with Gasteiger partial charge in [-0.15, -0.1) is 0 Å². The number of carbonyl (C=O) groups is 1. The molecule has 0 fully saturated rings. The Balaban J connectivity index is 2.09. The van der Waals surface area contributed by atoms with Gasteiger partial charge in [-0.05, 0) is 36.3 Å². The predicted molar refractivity (Wildman–Crippen MR) is 146 cm³/mol. The van der Waals surface area contributed by atoms with Crippen LogP contribution < -0.4 is 9.81 Å². The number of hydrogen-bond acceptors (Lipinski definition) is 7. The number of methoxy groups -OCH3 is 1. The number of aliphatic imine (C=N–C) groups is 1. The fraction of sp³-hybridized carbons (Fsp3) is 0.680. The van der Waals surface area contributed by atoms with E-state index in [4.69, 9.17) is 14.3 Å². The molecule has 2 aliphatic heterocycles. The molecular formula is C25H41N4O6PS. The Bertz CT molecular complexity index is 1210. The van der Waals surface area contributed by atoms with E-state index >= 15 is 0 Å². The quantitative estimate of drug-likeness (QED) is 0.438. The highest BCUT2D eigenvalue weighted by Gasteiger charge is 2.51. The van der Waals surface area contributed by atoms with Gasteiger partial charge in [0.05, 0.1) is 32.1 Å². The third-order valence-electron chi connectivity index (χ3n) is 6.39. The number of hydrogen-bond donors (Lipinski definition) is 2. The molecule has 1 amide bonds. The lowest BCUT2D eigenvalue weighted by Crippen LogP contribution is -2.46. The molecule has 2 heterocycles. The zero-order chi connectivity index (χ0) is 28.0. The highest BCUT2D eigenvalue weighted by molar-refractivity contribution is 7.88. The van der Waals surface area contributed by atoms with E-state index in [0.717, 1.165) is 12.7 Å². The van der Waals surface area contributed by atoms with Crippen molar-refractivity contribution < 1.29 is 27.0 Å². The van der Waals surface area contributed by atoms with Crippen molar-refractivity contribution in [2.24, 2.45) is 15.8 Å². The molecule has 10 nitrogen and oxygen atoms in total. The van der Waals surface area contributed by atoms with Crippen LogP contribution >= 0.6 is 7.52 Å². The molecule has 0 aromatic heterocycles. The lowest BCUT2D eigenvalue weighted by Gasteiger charge is -2.37. The SMILES string of the molecule is CCOP1(=O)NC(C2=C(OC)C(C(C)(C)C)N(CCC(C)(C)C)C2=O)=NC2C=CC(NS(C)(=O)=O)=CC21. The lowest BCUT2D eigenvalue weighted by molar-refractivity contribution is -0.128. The Hall–Kier alpha value is -2.10. The molecule has 37 heavy (non-hydrogen) atoms. The molecule has 4 atom stereocenters. The van der Waals surface area contributed by atoms with Gasteiger partial charge in [-0.1, -0.05) is 47.6 Å². The minimum Gasteiger partial charge on any atom is -0.498 e. The summed E-state index contributed by atoms with van der Waals surface area (Å²) in [7, 11) is -5.63. The highest BCUT2D eigenvalue weighted by atomic mass is 32.2. The Morgan fingerprint density at radius 2 is 1.86 bits per heavy atom. The summed E-state index contributed by atoms with van der Waals surface area (Å²) >= 11 is 0. The maximum Gasteiger partial charge on any atom is 0.304 e. The summed E-state index contributed by atoms with van der Waals surface area (Å²) in [5, 5.41) is 2.96. The number of ether oxygens (including phenoxy) is 1. The van der Waals surface area contributed by atoms with Crippen molar-refractivity contribution in [2.45, 2.75) is 72.6 Å². The van der Waals surface area contributed by atoms with Crippen LogP contribution in [0.15, 0.2) is 40.2 Å². The molecule has 0 radical (unpaired) electrons. The molecule has 0 saturated carbocycles. The third kappa shape index (κ3) is 6.49. The monoisotopic (exact) mass is 556 g/mol. The van der Waals surface area contributed by atoms with E-state index < -0.39 is 29.2 Å². The first-order valence-electron chi connectivity index (χ1n) is 12.5. The van der Waals surface area contributed by atoms with Crippen LogP contribution in [0.1, 0.15) is 54.9 Å². The van der Waals surface area contributed by atoms with Gasteiger partial charge in [-0.3, -0.25) is 24.2 Å². The van der Waals surface area contributed by atoms with Gasteiger partial charge in [0.1, 0.15) is 22.8 Å². The zero-order valence-corrected chi connectivity index (χ0v) is 25.0. The van der Waals surface area contributed by atoms with Gasteiger partial charge in [0.2, 0.25) is 10.0 Å². The van der Waals surface area contributed by atoms with Gasteiger partial charge in [0.25, 0.3) is 5.91 Å². The topological polar surface area (TPSA) is 126 Å². The maximum atomic E-state index is 14.1. The lowest BCUT2D eigenvalue weighted by atomic mass is 9.84. The summed E-state index contributed by atoms with van der Waals surface area (Å²) in [5.41, 5.74) is -0.509. The van der Waals surface area contributed by atoms with Crippen LogP contribution in [-0.4, -0.2) is 69.3 Å². The normalized spacial score (nSPS) is 28.5. The van der Waals surface area contributed by atoms with Crippen molar-refractivity contribution in [1.29, 1.82) is 0 Å². The molecule has 0 bridgehead atoms. The minimum atomic E-state index is -3.65. The molecule has 0 aromatic rings. The van der Waals surface area contributed by atoms with E-state index in [0.29, 0.717) is 18.0 Å². The van der Waals surface area contributed by atoms with Crippen molar-refractivity contribution in [3.63, 3.8) is 0 Å². The number of sulfonamides is 1. The smallest absolute Gasteiger partial charge is 0.304 e. The molecule has 3 rings (SSSR count). The predicted octanol–water partition coefficient (Wildman–Crippen LogP) is 3.55. The third-order valence-corrected chi connectivity index (χ3v) is 9.40. The van der Waals surface area contributed by atoms with Crippen molar-refractivity contribution >= 4 is 29.3 Å². The van der Waals surface area contributed by atoms with Crippen molar-refractivity contribution in [3.8, 4) is 0 Å². The van der Waals surface area contributed by atoms with E-state index in [-0.39, 0.29) is 40.8 Å². The molecule has 4 unspecified atom stereocenters. The molecule has 0 saturated heterocycles. The van der Waals surface area contributed by atoms with Crippen molar-refractivity contribution in [2.75, 3.05) is 26.5 Å². The van der Waals surface area contributed by atoms with Crippen molar-refractivity contribution in [1.82, 2.24) is 14.7 Å². The number of amides is 1. The van der Waals surface area contributed by atoms with Crippen LogP contribution in [0.2, 0.25) is 0 Å². The Kier molecular flexibility index (Phi) is 8.14. The second-order valence-electron chi connectivity index (χ2n) is 12.0. The maximum absolute atomic E-state index is 14.1. The summed E-state index contributed by atoms with van der Waals surface area (Å²) in [5.74, 6) is 0.419. The summed E-state index contributed by atoms with van der Waals surface area (Å²) in [6.45, 7) is 15.0.